The standard InChI is InChI=1S/C18H19N3O2/c22-16-8-4-7-15(19-16)18(23)20-17-13-10-21(11-14(13)17)9-12-5-2-1-3-6-12/h1-8,13-14,17H,9-11H2,(H,19,22)(H,20,23). The number of carbonyl (C=O) groups is 1. The highest BCUT2D eigenvalue weighted by Gasteiger charge is 2.56. The topological polar surface area (TPSA) is 65.2 Å². The lowest BCUT2D eigenvalue weighted by molar-refractivity contribution is 0.0937. The third-order valence-corrected chi connectivity index (χ3v) is 4.83. The van der Waals surface area contributed by atoms with Crippen molar-refractivity contribution in [3.05, 3.63) is 70.1 Å². The first kappa shape index (κ1) is 14.2. The Bertz CT molecular complexity index is 759. The average molecular weight is 309 g/mol. The van der Waals surface area contributed by atoms with Crippen LogP contribution in [0.4, 0.5) is 0 Å². The van der Waals surface area contributed by atoms with Crippen molar-refractivity contribution >= 4 is 5.91 Å². The van der Waals surface area contributed by atoms with E-state index in [0.717, 1.165) is 19.6 Å². The van der Waals surface area contributed by atoms with E-state index in [1.807, 2.05) is 6.07 Å². The zero-order valence-corrected chi connectivity index (χ0v) is 12.7. The van der Waals surface area contributed by atoms with Crippen LogP contribution in [-0.4, -0.2) is 34.9 Å². The van der Waals surface area contributed by atoms with Gasteiger partial charge in [-0.2, -0.15) is 0 Å². The highest BCUT2D eigenvalue weighted by atomic mass is 16.2. The van der Waals surface area contributed by atoms with Gasteiger partial charge in [0.25, 0.3) is 5.91 Å². The lowest BCUT2D eigenvalue weighted by Crippen LogP contribution is -2.35. The number of aromatic amines is 1. The van der Waals surface area contributed by atoms with Gasteiger partial charge in [-0.05, 0) is 23.5 Å². The number of rotatable bonds is 4. The van der Waals surface area contributed by atoms with Crippen molar-refractivity contribution in [1.29, 1.82) is 0 Å². The minimum absolute atomic E-state index is 0.184. The molecule has 1 aliphatic carbocycles. The Labute approximate surface area is 134 Å². The van der Waals surface area contributed by atoms with Gasteiger partial charge in [-0.3, -0.25) is 14.5 Å². The van der Waals surface area contributed by atoms with E-state index < -0.39 is 0 Å². The highest BCUT2D eigenvalue weighted by molar-refractivity contribution is 5.92. The predicted octanol–water partition coefficient (Wildman–Crippen LogP) is 1.24. The minimum Gasteiger partial charge on any atom is -0.347 e. The number of hydrogen-bond acceptors (Lipinski definition) is 3. The number of fused-ring (bicyclic) bond motifs is 1. The molecule has 0 bridgehead atoms. The number of H-pyrrole nitrogens is 1. The summed E-state index contributed by atoms with van der Waals surface area (Å²) >= 11 is 0. The Kier molecular flexibility index (Phi) is 3.50. The van der Waals surface area contributed by atoms with Gasteiger partial charge in [-0.25, -0.2) is 0 Å². The van der Waals surface area contributed by atoms with E-state index in [-0.39, 0.29) is 17.5 Å². The summed E-state index contributed by atoms with van der Waals surface area (Å²) in [4.78, 5) is 28.4. The molecule has 118 valence electrons. The highest BCUT2D eigenvalue weighted by Crippen LogP contribution is 2.45. The van der Waals surface area contributed by atoms with Gasteiger partial charge in [0.05, 0.1) is 0 Å². The molecule has 2 atom stereocenters. The van der Waals surface area contributed by atoms with E-state index in [0.29, 0.717) is 17.5 Å². The zero-order valence-electron chi connectivity index (χ0n) is 12.7. The molecule has 5 heteroatoms. The monoisotopic (exact) mass is 309 g/mol. The van der Waals surface area contributed by atoms with Crippen molar-refractivity contribution in [2.45, 2.75) is 12.6 Å². The summed E-state index contributed by atoms with van der Waals surface area (Å²) in [5.74, 6) is 0.896. The van der Waals surface area contributed by atoms with E-state index in [2.05, 4.69) is 39.5 Å². The number of amides is 1. The van der Waals surface area contributed by atoms with Crippen LogP contribution in [0.5, 0.6) is 0 Å². The van der Waals surface area contributed by atoms with E-state index in [1.165, 1.54) is 11.6 Å². The van der Waals surface area contributed by atoms with Crippen LogP contribution in [-0.2, 0) is 6.54 Å². The maximum Gasteiger partial charge on any atom is 0.268 e. The molecule has 5 nitrogen and oxygen atoms in total. The number of pyridine rings is 1. The number of carbonyl (C=O) groups excluding carboxylic acids is 1. The number of benzene rings is 1. The number of hydrogen-bond donors (Lipinski definition) is 2. The van der Waals surface area contributed by atoms with Gasteiger partial charge in [0.1, 0.15) is 5.69 Å². The summed E-state index contributed by atoms with van der Waals surface area (Å²) in [6, 6.07) is 15.3. The maximum atomic E-state index is 12.2. The van der Waals surface area contributed by atoms with Gasteiger partial charge < -0.3 is 10.3 Å². The van der Waals surface area contributed by atoms with Crippen LogP contribution >= 0.6 is 0 Å². The van der Waals surface area contributed by atoms with Gasteiger partial charge in [0.15, 0.2) is 0 Å². The first-order valence-corrected chi connectivity index (χ1v) is 7.97. The molecule has 2 unspecified atom stereocenters. The van der Waals surface area contributed by atoms with Crippen LogP contribution < -0.4 is 10.9 Å². The van der Waals surface area contributed by atoms with Gasteiger partial charge >= 0.3 is 0 Å². The third kappa shape index (κ3) is 2.92. The largest absolute Gasteiger partial charge is 0.347 e. The summed E-state index contributed by atoms with van der Waals surface area (Å²) < 4.78 is 0. The Morgan fingerprint density at radius 3 is 2.52 bits per heavy atom. The molecule has 2 aliphatic rings. The van der Waals surface area contributed by atoms with E-state index in [9.17, 15) is 9.59 Å². The van der Waals surface area contributed by atoms with Crippen LogP contribution in [0.1, 0.15) is 16.1 Å². The van der Waals surface area contributed by atoms with Crippen molar-refractivity contribution in [3.8, 4) is 0 Å². The first-order chi connectivity index (χ1) is 11.2. The maximum absolute atomic E-state index is 12.2. The van der Waals surface area contributed by atoms with Crippen molar-refractivity contribution in [2.24, 2.45) is 11.8 Å². The van der Waals surface area contributed by atoms with Gasteiger partial charge in [-0.15, -0.1) is 0 Å². The molecular weight excluding hydrogens is 290 g/mol. The molecule has 2 aromatic rings. The fourth-order valence-electron chi connectivity index (χ4n) is 3.61. The fraction of sp³-hybridized carbons (Fsp3) is 0.333. The third-order valence-electron chi connectivity index (χ3n) is 4.83. The van der Waals surface area contributed by atoms with Crippen LogP contribution in [0.25, 0.3) is 0 Å². The molecule has 1 aromatic heterocycles. The number of likely N-dealkylation sites (tertiary alicyclic amines) is 1. The molecule has 1 saturated carbocycles. The summed E-state index contributed by atoms with van der Waals surface area (Å²) in [5, 5.41) is 3.05. The molecule has 2 heterocycles. The van der Waals surface area contributed by atoms with Crippen LogP contribution in [0, 0.1) is 11.8 Å². The number of nitrogens with one attached hydrogen (secondary N) is 2. The fourth-order valence-corrected chi connectivity index (χ4v) is 3.61. The molecular formula is C18H19N3O2. The van der Waals surface area contributed by atoms with Gasteiger partial charge in [0.2, 0.25) is 5.56 Å². The molecule has 1 aliphatic heterocycles. The average Bonchev–Trinajstić information content (AvgIpc) is 3.00. The first-order valence-electron chi connectivity index (χ1n) is 7.97. The van der Waals surface area contributed by atoms with Gasteiger partial charge in [-0.1, -0.05) is 36.4 Å². The molecule has 1 amide bonds. The van der Waals surface area contributed by atoms with E-state index in [1.54, 1.807) is 12.1 Å². The van der Waals surface area contributed by atoms with Crippen LogP contribution in [0.2, 0.25) is 0 Å². The quantitative estimate of drug-likeness (QED) is 0.893. The van der Waals surface area contributed by atoms with E-state index >= 15 is 0 Å². The smallest absolute Gasteiger partial charge is 0.268 e. The molecule has 1 aromatic carbocycles. The van der Waals surface area contributed by atoms with Crippen molar-refractivity contribution < 1.29 is 4.79 Å². The SMILES string of the molecule is O=C(NC1C2CN(Cc3ccccc3)CC21)c1cccc(=O)[nH]1. The summed E-state index contributed by atoms with van der Waals surface area (Å²) in [6.45, 7) is 3.02. The summed E-state index contributed by atoms with van der Waals surface area (Å²) in [7, 11) is 0. The molecule has 1 saturated heterocycles. The second-order valence-electron chi connectivity index (χ2n) is 6.44. The normalized spacial score (nSPS) is 25.8. The summed E-state index contributed by atoms with van der Waals surface area (Å²) in [5.41, 5.74) is 1.42. The Balaban J connectivity index is 1.31. The second kappa shape index (κ2) is 5.66. The summed E-state index contributed by atoms with van der Waals surface area (Å²) in [6.07, 6.45) is 0. The van der Waals surface area contributed by atoms with Crippen molar-refractivity contribution in [2.75, 3.05) is 13.1 Å². The van der Waals surface area contributed by atoms with Gasteiger partial charge in [0, 0.05) is 31.7 Å². The Morgan fingerprint density at radius 1 is 1.09 bits per heavy atom. The van der Waals surface area contributed by atoms with E-state index in [4.69, 9.17) is 0 Å². The Hall–Kier alpha value is -2.40. The molecule has 23 heavy (non-hydrogen) atoms. The zero-order chi connectivity index (χ0) is 15.8. The minimum atomic E-state index is -0.248. The molecule has 2 N–H and O–H groups in total. The predicted molar refractivity (Wildman–Crippen MR) is 87.0 cm³/mol. The van der Waals surface area contributed by atoms with Crippen molar-refractivity contribution in [1.82, 2.24) is 15.2 Å². The van der Waals surface area contributed by atoms with Crippen LogP contribution in [0.15, 0.2) is 53.3 Å². The Morgan fingerprint density at radius 2 is 1.83 bits per heavy atom. The second-order valence-corrected chi connectivity index (χ2v) is 6.44. The lowest BCUT2D eigenvalue weighted by atomic mass is 10.2. The molecule has 4 rings (SSSR count). The number of nitrogens with zero attached hydrogens (tertiary/aromatic N) is 1. The molecule has 0 radical (unpaired) electrons. The van der Waals surface area contributed by atoms with Crippen LogP contribution in [0.3, 0.4) is 0 Å². The number of aromatic nitrogens is 1. The number of piperidine rings is 1. The molecule has 2 fully saturated rings. The molecule has 0 spiro atoms. The lowest BCUT2D eigenvalue weighted by Gasteiger charge is -2.19. The van der Waals surface area contributed by atoms with Crippen molar-refractivity contribution in [3.63, 3.8) is 0 Å².